The first-order valence-electron chi connectivity index (χ1n) is 11.1. The van der Waals surface area contributed by atoms with E-state index >= 15 is 0 Å². The maximum Gasteiger partial charge on any atom is 0.319 e. The number of methoxy groups -OCH3 is 1. The Morgan fingerprint density at radius 1 is 1.18 bits per heavy atom. The molecule has 2 aromatic carbocycles. The molecule has 2 aromatic rings. The van der Waals surface area contributed by atoms with Gasteiger partial charge in [-0.3, -0.25) is 4.79 Å². The number of oxime groups is 1. The van der Waals surface area contributed by atoms with Gasteiger partial charge in [0, 0.05) is 54.7 Å². The van der Waals surface area contributed by atoms with Gasteiger partial charge in [-0.15, -0.1) is 0 Å². The second-order valence-electron chi connectivity index (χ2n) is 8.78. The van der Waals surface area contributed by atoms with E-state index in [9.17, 15) is 18.4 Å². The molecule has 2 N–H and O–H groups in total. The van der Waals surface area contributed by atoms with Gasteiger partial charge in [0.2, 0.25) is 0 Å². The number of amides is 2. The minimum atomic E-state index is -0.598. The molecule has 8 nitrogen and oxygen atoms in total. The molecule has 1 saturated heterocycles. The van der Waals surface area contributed by atoms with E-state index in [4.69, 9.17) is 4.84 Å². The molecular weight excluding hydrogens is 446 g/mol. The summed E-state index contributed by atoms with van der Waals surface area (Å²) in [5.74, 6) is -1.06. The number of ether oxygens (including phenoxy) is 1. The third kappa shape index (κ3) is 4.52. The number of carbonyl (C=O) groups excluding carboxylic acids is 2. The van der Waals surface area contributed by atoms with Crippen molar-refractivity contribution < 1.29 is 27.9 Å². The average molecular weight is 470 g/mol. The van der Waals surface area contributed by atoms with Crippen LogP contribution in [0.1, 0.15) is 18.4 Å². The summed E-state index contributed by atoms with van der Waals surface area (Å²) in [5, 5.41) is 9.89. The van der Waals surface area contributed by atoms with Gasteiger partial charge in [0.25, 0.3) is 0 Å². The van der Waals surface area contributed by atoms with E-state index in [1.54, 1.807) is 12.1 Å². The zero-order valence-electron chi connectivity index (χ0n) is 18.5. The predicted molar refractivity (Wildman–Crippen MR) is 121 cm³/mol. The van der Waals surface area contributed by atoms with Crippen LogP contribution in [0.3, 0.4) is 0 Å². The molecule has 2 fully saturated rings. The van der Waals surface area contributed by atoms with Crippen molar-refractivity contribution in [1.29, 1.82) is 0 Å². The van der Waals surface area contributed by atoms with Crippen molar-refractivity contribution in [2.45, 2.75) is 25.0 Å². The molecule has 0 spiro atoms. The van der Waals surface area contributed by atoms with Gasteiger partial charge in [-0.2, -0.15) is 0 Å². The van der Waals surface area contributed by atoms with Gasteiger partial charge in [0.15, 0.2) is 0 Å². The Kier molecular flexibility index (Phi) is 5.80. The molecule has 2 heterocycles. The number of benzene rings is 2. The van der Waals surface area contributed by atoms with Gasteiger partial charge < -0.3 is 25.1 Å². The summed E-state index contributed by atoms with van der Waals surface area (Å²) in [7, 11) is 1.33. The second-order valence-corrected chi connectivity index (χ2v) is 8.78. The van der Waals surface area contributed by atoms with Crippen molar-refractivity contribution in [3.05, 3.63) is 59.7 Å². The van der Waals surface area contributed by atoms with Crippen LogP contribution in [0.15, 0.2) is 47.6 Å². The SMILES string of the molecule is COC(=O)CC1CC(c2cccc(NC(=O)NC3C4CN(c5ccc(F)cc5F)CC43)c2)=NO1. The van der Waals surface area contributed by atoms with Crippen LogP contribution in [0.2, 0.25) is 0 Å². The number of esters is 1. The lowest BCUT2D eigenvalue weighted by molar-refractivity contribution is -0.143. The van der Waals surface area contributed by atoms with Crippen LogP contribution in [-0.4, -0.2) is 50.1 Å². The molecule has 34 heavy (non-hydrogen) atoms. The first-order chi connectivity index (χ1) is 16.4. The number of nitrogens with zero attached hydrogens (tertiary/aromatic N) is 2. The molecule has 1 aliphatic carbocycles. The highest BCUT2D eigenvalue weighted by Gasteiger charge is 2.56. The minimum absolute atomic E-state index is 0.0228. The number of carbonyl (C=O) groups is 2. The van der Waals surface area contributed by atoms with E-state index in [0.29, 0.717) is 36.6 Å². The van der Waals surface area contributed by atoms with Gasteiger partial charge in [0.05, 0.1) is 24.9 Å². The summed E-state index contributed by atoms with van der Waals surface area (Å²) in [6, 6.07) is 10.5. The van der Waals surface area contributed by atoms with Gasteiger partial charge in [0.1, 0.15) is 17.7 Å². The van der Waals surface area contributed by atoms with Crippen LogP contribution in [0.4, 0.5) is 25.0 Å². The highest BCUT2D eigenvalue weighted by Crippen LogP contribution is 2.47. The fourth-order valence-corrected chi connectivity index (χ4v) is 4.75. The molecule has 3 unspecified atom stereocenters. The van der Waals surface area contributed by atoms with E-state index in [-0.39, 0.29) is 42.4 Å². The van der Waals surface area contributed by atoms with E-state index in [2.05, 4.69) is 20.5 Å². The van der Waals surface area contributed by atoms with E-state index < -0.39 is 11.6 Å². The highest BCUT2D eigenvalue weighted by molar-refractivity contribution is 6.02. The third-order valence-corrected chi connectivity index (χ3v) is 6.55. The van der Waals surface area contributed by atoms with Crippen LogP contribution >= 0.6 is 0 Å². The molecule has 1 saturated carbocycles. The molecule has 3 aliphatic rings. The molecular formula is C24H24F2N4O4. The number of anilines is 2. The van der Waals surface area contributed by atoms with Gasteiger partial charge in [-0.05, 0) is 24.3 Å². The average Bonchev–Trinajstić information content (AvgIpc) is 3.16. The summed E-state index contributed by atoms with van der Waals surface area (Å²) in [6.45, 7) is 1.22. The molecule has 0 aromatic heterocycles. The Morgan fingerprint density at radius 3 is 2.71 bits per heavy atom. The number of halogens is 2. The van der Waals surface area contributed by atoms with Crippen molar-refractivity contribution in [3.63, 3.8) is 0 Å². The largest absolute Gasteiger partial charge is 0.469 e. The minimum Gasteiger partial charge on any atom is -0.469 e. The summed E-state index contributed by atoms with van der Waals surface area (Å²) < 4.78 is 31.8. The molecule has 0 bridgehead atoms. The van der Waals surface area contributed by atoms with E-state index in [0.717, 1.165) is 11.6 Å². The molecule has 0 radical (unpaired) electrons. The maximum absolute atomic E-state index is 14.0. The number of rotatable bonds is 6. The van der Waals surface area contributed by atoms with Crippen molar-refractivity contribution >= 4 is 29.1 Å². The highest BCUT2D eigenvalue weighted by atomic mass is 19.1. The fourth-order valence-electron chi connectivity index (χ4n) is 4.75. The topological polar surface area (TPSA) is 92.3 Å². The van der Waals surface area contributed by atoms with Crippen molar-refractivity contribution in [3.8, 4) is 0 Å². The van der Waals surface area contributed by atoms with Crippen molar-refractivity contribution in [2.75, 3.05) is 30.4 Å². The number of piperidine rings is 1. The molecule has 2 aliphatic heterocycles. The number of fused-ring (bicyclic) bond motifs is 1. The monoisotopic (exact) mass is 470 g/mol. The van der Waals surface area contributed by atoms with Crippen LogP contribution < -0.4 is 15.5 Å². The Bertz CT molecular complexity index is 1150. The van der Waals surface area contributed by atoms with Crippen LogP contribution in [0.25, 0.3) is 0 Å². The van der Waals surface area contributed by atoms with Crippen LogP contribution in [0, 0.1) is 23.5 Å². The molecule has 2 amide bonds. The predicted octanol–water partition coefficient (Wildman–Crippen LogP) is 3.28. The lowest BCUT2D eigenvalue weighted by Gasteiger charge is -2.23. The van der Waals surface area contributed by atoms with E-state index in [1.807, 2.05) is 17.0 Å². The quantitative estimate of drug-likeness (QED) is 0.633. The Morgan fingerprint density at radius 2 is 1.97 bits per heavy atom. The number of nitrogens with one attached hydrogen (secondary N) is 2. The fraction of sp³-hybridized carbons (Fsp3) is 0.375. The summed E-state index contributed by atoms with van der Waals surface area (Å²) in [4.78, 5) is 31.2. The van der Waals surface area contributed by atoms with Gasteiger partial charge in [-0.25, -0.2) is 13.6 Å². The van der Waals surface area contributed by atoms with E-state index in [1.165, 1.54) is 19.2 Å². The van der Waals surface area contributed by atoms with Crippen molar-refractivity contribution in [2.24, 2.45) is 17.0 Å². The summed E-state index contributed by atoms with van der Waals surface area (Å²) in [6.07, 6.45) is 0.236. The number of hydrogen-bond donors (Lipinski definition) is 2. The number of urea groups is 1. The van der Waals surface area contributed by atoms with Gasteiger partial charge in [-0.1, -0.05) is 17.3 Å². The molecule has 3 atom stereocenters. The lowest BCUT2D eigenvalue weighted by atomic mass is 10.0. The summed E-state index contributed by atoms with van der Waals surface area (Å²) >= 11 is 0. The molecule has 5 rings (SSSR count). The zero-order valence-corrected chi connectivity index (χ0v) is 18.5. The third-order valence-electron chi connectivity index (χ3n) is 6.55. The second kappa shape index (κ2) is 8.92. The normalized spacial score (nSPS) is 24.7. The first-order valence-corrected chi connectivity index (χ1v) is 11.1. The first kappa shape index (κ1) is 22.1. The smallest absolute Gasteiger partial charge is 0.319 e. The molecule has 178 valence electrons. The Labute approximate surface area is 194 Å². The molecule has 10 heteroatoms. The standard InChI is InChI=1S/C24H24F2N4O4/c1-33-22(31)10-16-9-20(29-34-16)13-3-2-4-15(7-13)27-24(32)28-23-17-11-30(12-18(17)23)21-6-5-14(25)8-19(21)26/h2-8,16-18,23H,9-12H2,1H3,(H2,27,28,32). The lowest BCUT2D eigenvalue weighted by Crippen LogP contribution is -2.37. The van der Waals surface area contributed by atoms with Crippen LogP contribution in [-0.2, 0) is 14.4 Å². The van der Waals surface area contributed by atoms with Gasteiger partial charge >= 0.3 is 12.0 Å². The van der Waals surface area contributed by atoms with Crippen molar-refractivity contribution in [1.82, 2.24) is 5.32 Å². The van der Waals surface area contributed by atoms with Crippen LogP contribution in [0.5, 0.6) is 0 Å². The zero-order chi connectivity index (χ0) is 23.8. The summed E-state index contributed by atoms with van der Waals surface area (Å²) in [5.41, 5.74) is 2.49. The number of hydrogen-bond acceptors (Lipinski definition) is 6. The Balaban J connectivity index is 1.12. The Hall–Kier alpha value is -3.69. The maximum atomic E-state index is 14.0.